The highest BCUT2D eigenvalue weighted by Gasteiger charge is 2.23. The first kappa shape index (κ1) is 19.3. The van der Waals surface area contributed by atoms with Crippen LogP contribution in [0.15, 0.2) is 44.7 Å². The maximum atomic E-state index is 12.4. The lowest BCUT2D eigenvalue weighted by Gasteiger charge is -2.10. The number of furan rings is 1. The van der Waals surface area contributed by atoms with Crippen LogP contribution in [-0.4, -0.2) is 19.7 Å². The fourth-order valence-electron chi connectivity index (χ4n) is 3.47. The summed E-state index contributed by atoms with van der Waals surface area (Å²) in [6, 6.07) is 8.31. The molecule has 1 aliphatic rings. The minimum absolute atomic E-state index is 0.0700. The van der Waals surface area contributed by atoms with Crippen LogP contribution in [0.2, 0.25) is 0 Å². The molecular weight excluding hydrogens is 491 g/mol. The second-order valence-electron chi connectivity index (χ2n) is 6.87. The highest BCUT2D eigenvalue weighted by Crippen LogP contribution is 2.39. The molecule has 28 heavy (non-hydrogen) atoms. The normalized spacial score (nSPS) is 14.5. The minimum Gasteiger partial charge on any atom is -0.506 e. The zero-order chi connectivity index (χ0) is 19.9. The maximum absolute atomic E-state index is 12.4. The monoisotopic (exact) mass is 510 g/mol. The van der Waals surface area contributed by atoms with Gasteiger partial charge >= 0.3 is 0 Å². The van der Waals surface area contributed by atoms with Gasteiger partial charge in [0.05, 0.1) is 14.7 Å². The van der Waals surface area contributed by atoms with Crippen molar-refractivity contribution < 1.29 is 17.9 Å². The van der Waals surface area contributed by atoms with Gasteiger partial charge in [0, 0.05) is 22.9 Å². The van der Waals surface area contributed by atoms with Gasteiger partial charge in [-0.2, -0.15) is 13.5 Å². The fourth-order valence-corrected chi connectivity index (χ4v) is 4.84. The quantitative estimate of drug-likeness (QED) is 0.312. The molecule has 0 fully saturated rings. The summed E-state index contributed by atoms with van der Waals surface area (Å²) in [6.07, 6.45) is 5.24. The molecule has 0 spiro atoms. The molecule has 146 valence electrons. The van der Waals surface area contributed by atoms with E-state index in [9.17, 15) is 13.5 Å². The van der Waals surface area contributed by atoms with Crippen LogP contribution in [0.5, 0.6) is 5.75 Å². The maximum Gasteiger partial charge on any atom is 0.276 e. The van der Waals surface area contributed by atoms with Crippen LogP contribution in [0, 0.1) is 10.5 Å². The number of benzene rings is 2. The smallest absolute Gasteiger partial charge is 0.276 e. The Morgan fingerprint density at radius 2 is 1.93 bits per heavy atom. The molecule has 0 saturated heterocycles. The first-order valence-corrected chi connectivity index (χ1v) is 11.5. The van der Waals surface area contributed by atoms with Crippen LogP contribution in [0.25, 0.3) is 11.0 Å². The van der Waals surface area contributed by atoms with Gasteiger partial charge in [-0.15, -0.1) is 0 Å². The lowest BCUT2D eigenvalue weighted by Crippen LogP contribution is -2.18. The predicted octanol–water partition coefficient (Wildman–Crippen LogP) is 4.24. The van der Waals surface area contributed by atoms with Crippen molar-refractivity contribution in [3.8, 4) is 5.75 Å². The van der Waals surface area contributed by atoms with E-state index in [4.69, 9.17) is 4.42 Å². The van der Waals surface area contributed by atoms with Gasteiger partial charge in [-0.25, -0.2) is 4.83 Å². The minimum atomic E-state index is -3.78. The van der Waals surface area contributed by atoms with Gasteiger partial charge in [0.25, 0.3) is 10.0 Å². The molecule has 0 unspecified atom stereocenters. The zero-order valence-corrected chi connectivity index (χ0v) is 18.2. The van der Waals surface area contributed by atoms with Crippen LogP contribution in [0.4, 0.5) is 0 Å². The number of aromatic hydroxyl groups is 1. The molecule has 0 bridgehead atoms. The number of aryl methyl sites for hydroxylation is 3. The van der Waals surface area contributed by atoms with Crippen molar-refractivity contribution in [1.29, 1.82) is 0 Å². The first-order valence-electron chi connectivity index (χ1n) is 8.94. The van der Waals surface area contributed by atoms with E-state index in [1.54, 1.807) is 18.2 Å². The fraction of sp³-hybridized carbons (Fsp3) is 0.250. The number of sulfonamides is 1. The van der Waals surface area contributed by atoms with E-state index in [1.807, 2.05) is 29.5 Å². The van der Waals surface area contributed by atoms with E-state index in [0.29, 0.717) is 14.7 Å². The molecule has 6 nitrogen and oxygen atoms in total. The molecule has 8 heteroatoms. The second kappa shape index (κ2) is 7.40. The molecule has 0 atom stereocenters. The number of phenolic OH excluding ortho intramolecular Hbond substituents is 1. The Morgan fingerprint density at radius 1 is 1.21 bits per heavy atom. The SMILES string of the molecule is Cc1ccc(S(=O)(=O)N/N=C/c2c(O)c(I)cc3oc4c(c23)CCCC4)cc1. The number of fused-ring (bicyclic) bond motifs is 3. The Morgan fingerprint density at radius 3 is 2.68 bits per heavy atom. The molecule has 1 heterocycles. The van der Waals surface area contributed by atoms with Crippen molar-refractivity contribution in [2.24, 2.45) is 5.10 Å². The van der Waals surface area contributed by atoms with Crippen molar-refractivity contribution in [2.45, 2.75) is 37.5 Å². The van der Waals surface area contributed by atoms with Gasteiger partial charge in [-0.1, -0.05) is 17.7 Å². The van der Waals surface area contributed by atoms with Crippen molar-refractivity contribution in [2.75, 3.05) is 0 Å². The number of hydrogen-bond acceptors (Lipinski definition) is 5. The van der Waals surface area contributed by atoms with Crippen LogP contribution in [0.3, 0.4) is 0 Å². The van der Waals surface area contributed by atoms with Crippen LogP contribution in [0.1, 0.15) is 35.3 Å². The molecule has 0 saturated carbocycles. The van der Waals surface area contributed by atoms with Gasteiger partial charge < -0.3 is 9.52 Å². The third-order valence-electron chi connectivity index (χ3n) is 4.90. The summed E-state index contributed by atoms with van der Waals surface area (Å²) >= 11 is 2.03. The van der Waals surface area contributed by atoms with E-state index in [2.05, 4.69) is 9.93 Å². The number of hydrogen-bond donors (Lipinski definition) is 2. The molecule has 4 rings (SSSR count). The van der Waals surface area contributed by atoms with E-state index in [-0.39, 0.29) is 10.6 Å². The van der Waals surface area contributed by atoms with Crippen LogP contribution < -0.4 is 4.83 Å². The standard InChI is InChI=1S/C20H19IN2O4S/c1-12-6-8-13(9-7-12)28(25,26)23-22-11-15-19-14-4-2-3-5-17(14)27-18(19)10-16(21)20(15)24/h6-11,23-24H,2-5H2,1H3/b22-11+. The molecular formula is C20H19IN2O4S. The highest BCUT2D eigenvalue weighted by atomic mass is 127. The van der Waals surface area contributed by atoms with Gasteiger partial charge in [-0.3, -0.25) is 0 Å². The summed E-state index contributed by atoms with van der Waals surface area (Å²) < 4.78 is 31.5. The van der Waals surface area contributed by atoms with E-state index in [0.717, 1.165) is 48.0 Å². The largest absolute Gasteiger partial charge is 0.506 e. The Bertz CT molecular complexity index is 1180. The number of halogens is 1. The molecule has 3 aromatic rings. The molecule has 0 radical (unpaired) electrons. The molecule has 0 aliphatic heterocycles. The number of phenols is 1. The third-order valence-corrected chi connectivity index (χ3v) is 6.97. The molecule has 1 aromatic heterocycles. The summed E-state index contributed by atoms with van der Waals surface area (Å²) in [7, 11) is -3.78. The Balaban J connectivity index is 1.72. The van der Waals surface area contributed by atoms with Crippen LogP contribution in [-0.2, 0) is 22.9 Å². The Hall–Kier alpha value is -2.07. The summed E-state index contributed by atoms with van der Waals surface area (Å²) in [6.45, 7) is 1.89. The summed E-state index contributed by atoms with van der Waals surface area (Å²) in [5.74, 6) is 1.01. The second-order valence-corrected chi connectivity index (χ2v) is 9.69. The summed E-state index contributed by atoms with van der Waals surface area (Å²) in [4.78, 5) is 2.36. The zero-order valence-electron chi connectivity index (χ0n) is 15.2. The van der Waals surface area contributed by atoms with Crippen molar-refractivity contribution in [3.63, 3.8) is 0 Å². The summed E-state index contributed by atoms with van der Waals surface area (Å²) in [5.41, 5.74) is 3.21. The topological polar surface area (TPSA) is 91.9 Å². The van der Waals surface area contributed by atoms with E-state index >= 15 is 0 Å². The predicted molar refractivity (Wildman–Crippen MR) is 116 cm³/mol. The van der Waals surface area contributed by atoms with Gasteiger partial charge in [0.1, 0.15) is 17.1 Å². The van der Waals surface area contributed by atoms with Gasteiger partial charge in [0.15, 0.2) is 0 Å². The van der Waals surface area contributed by atoms with E-state index < -0.39 is 10.0 Å². The molecule has 2 N–H and O–H groups in total. The average Bonchev–Trinajstić information content (AvgIpc) is 3.03. The molecule has 2 aromatic carbocycles. The highest BCUT2D eigenvalue weighted by molar-refractivity contribution is 14.1. The van der Waals surface area contributed by atoms with Crippen LogP contribution >= 0.6 is 22.6 Å². The van der Waals surface area contributed by atoms with Crippen molar-refractivity contribution in [3.05, 3.63) is 56.4 Å². The Labute approximate surface area is 176 Å². The third kappa shape index (κ3) is 3.50. The lowest BCUT2D eigenvalue weighted by molar-refractivity contribution is 0.470. The Kier molecular flexibility index (Phi) is 5.09. The number of nitrogens with zero attached hydrogens (tertiary/aromatic N) is 1. The lowest BCUT2D eigenvalue weighted by atomic mass is 9.94. The summed E-state index contributed by atoms with van der Waals surface area (Å²) in [5, 5.41) is 15.3. The van der Waals surface area contributed by atoms with Crippen molar-refractivity contribution >= 4 is 49.8 Å². The van der Waals surface area contributed by atoms with Crippen molar-refractivity contribution in [1.82, 2.24) is 4.83 Å². The number of rotatable bonds is 4. The average molecular weight is 510 g/mol. The van der Waals surface area contributed by atoms with E-state index in [1.165, 1.54) is 18.3 Å². The van der Waals surface area contributed by atoms with Gasteiger partial charge in [0.2, 0.25) is 0 Å². The number of nitrogens with one attached hydrogen (secondary N) is 1. The number of hydrazone groups is 1. The molecule has 0 amide bonds. The molecule has 1 aliphatic carbocycles. The van der Waals surface area contributed by atoms with Gasteiger partial charge in [-0.05, 0) is 67.0 Å². The first-order chi connectivity index (χ1) is 13.4.